The van der Waals surface area contributed by atoms with Crippen LogP contribution in [0.4, 0.5) is 0 Å². The fourth-order valence-corrected chi connectivity index (χ4v) is 4.03. The lowest BCUT2D eigenvalue weighted by molar-refractivity contribution is -0.132. The number of ether oxygens (including phenoxy) is 1. The van der Waals surface area contributed by atoms with Gasteiger partial charge in [-0.2, -0.15) is 9.97 Å². The number of aromatic nitrogens is 2. The Balaban J connectivity index is 1.83. The molecule has 4 heteroatoms. The van der Waals surface area contributed by atoms with Gasteiger partial charge in [0.05, 0.1) is 11.4 Å². The molecule has 0 saturated heterocycles. The van der Waals surface area contributed by atoms with Crippen LogP contribution < -0.4 is 4.74 Å². The van der Waals surface area contributed by atoms with Gasteiger partial charge in [-0.25, -0.2) is 0 Å². The Hall–Kier alpha value is -3.79. The lowest BCUT2D eigenvalue weighted by Gasteiger charge is -2.17. The van der Waals surface area contributed by atoms with Crippen molar-refractivity contribution in [1.29, 1.82) is 0 Å². The normalized spacial score (nSPS) is 14.2. The van der Waals surface area contributed by atoms with Crippen LogP contribution in [0.5, 0.6) is 6.01 Å². The van der Waals surface area contributed by atoms with Crippen LogP contribution in [0.1, 0.15) is 29.5 Å². The third-order valence-electron chi connectivity index (χ3n) is 5.16. The van der Waals surface area contributed by atoms with Crippen LogP contribution in [0.2, 0.25) is 0 Å². The first-order valence-electron chi connectivity index (χ1n) is 9.52. The van der Waals surface area contributed by atoms with Crippen molar-refractivity contribution in [3.05, 3.63) is 102 Å². The predicted octanol–water partition coefficient (Wildman–Crippen LogP) is 5.23. The molecule has 4 aromatic rings. The Morgan fingerprint density at radius 2 is 1.41 bits per heavy atom. The zero-order valence-electron chi connectivity index (χ0n) is 15.9. The Morgan fingerprint density at radius 3 is 2.14 bits per heavy atom. The number of esters is 1. The molecule has 3 aromatic carbocycles. The topological polar surface area (TPSA) is 52.1 Å². The van der Waals surface area contributed by atoms with Gasteiger partial charge in [0.1, 0.15) is 0 Å². The number of hydrogen-bond acceptors (Lipinski definition) is 4. The van der Waals surface area contributed by atoms with Gasteiger partial charge in [0.25, 0.3) is 0 Å². The number of rotatable bonds is 3. The maximum Gasteiger partial charge on any atom is 0.325 e. The van der Waals surface area contributed by atoms with Crippen LogP contribution in [-0.4, -0.2) is 15.9 Å². The molecular formula is C25H18N2O2. The second kappa shape index (κ2) is 6.99. The molecule has 1 aliphatic rings. The van der Waals surface area contributed by atoms with E-state index in [0.29, 0.717) is 0 Å². The third kappa shape index (κ3) is 2.99. The first kappa shape index (κ1) is 17.3. The molecule has 0 aliphatic heterocycles. The Bertz CT molecular complexity index is 1200. The monoisotopic (exact) mass is 378 g/mol. The number of carbonyl (C=O) groups is 1. The third-order valence-corrected chi connectivity index (χ3v) is 5.16. The van der Waals surface area contributed by atoms with E-state index in [4.69, 9.17) is 4.74 Å². The summed E-state index contributed by atoms with van der Waals surface area (Å²) in [6, 6.07) is 28.7. The molecule has 4 nitrogen and oxygen atoms in total. The maximum atomic E-state index is 11.6. The molecule has 29 heavy (non-hydrogen) atoms. The second-order valence-electron chi connectivity index (χ2n) is 7.01. The molecule has 0 fully saturated rings. The van der Waals surface area contributed by atoms with Crippen LogP contribution in [-0.2, 0) is 4.79 Å². The van der Waals surface area contributed by atoms with Crippen molar-refractivity contribution in [2.45, 2.75) is 12.8 Å². The summed E-state index contributed by atoms with van der Waals surface area (Å²) in [4.78, 5) is 20.9. The molecule has 1 aliphatic carbocycles. The summed E-state index contributed by atoms with van der Waals surface area (Å²) in [7, 11) is 0. The van der Waals surface area contributed by atoms with E-state index in [2.05, 4.69) is 34.2 Å². The van der Waals surface area contributed by atoms with Crippen molar-refractivity contribution in [3.8, 4) is 28.5 Å². The van der Waals surface area contributed by atoms with E-state index in [1.165, 1.54) is 18.1 Å². The summed E-state index contributed by atoms with van der Waals surface area (Å²) >= 11 is 0. The molecule has 140 valence electrons. The number of hydrogen-bond donors (Lipinski definition) is 0. The first-order chi connectivity index (χ1) is 14.2. The summed E-state index contributed by atoms with van der Waals surface area (Å²) in [6.45, 7) is 1.36. The van der Waals surface area contributed by atoms with E-state index >= 15 is 0 Å². The van der Waals surface area contributed by atoms with E-state index in [9.17, 15) is 4.79 Å². The molecule has 0 bridgehead atoms. The average molecular weight is 378 g/mol. The predicted molar refractivity (Wildman–Crippen MR) is 112 cm³/mol. The highest BCUT2D eigenvalue weighted by Crippen LogP contribution is 2.50. The van der Waals surface area contributed by atoms with Gasteiger partial charge in [-0.15, -0.1) is 0 Å². The quantitative estimate of drug-likeness (QED) is 0.404. The lowest BCUT2D eigenvalue weighted by Crippen LogP contribution is -2.09. The fourth-order valence-electron chi connectivity index (χ4n) is 4.03. The Morgan fingerprint density at radius 1 is 0.793 bits per heavy atom. The van der Waals surface area contributed by atoms with E-state index in [-0.39, 0.29) is 11.9 Å². The van der Waals surface area contributed by atoms with E-state index < -0.39 is 5.97 Å². The molecule has 1 heterocycles. The molecule has 5 rings (SSSR count). The van der Waals surface area contributed by atoms with Gasteiger partial charge < -0.3 is 4.74 Å². The van der Waals surface area contributed by atoms with Crippen molar-refractivity contribution in [2.24, 2.45) is 0 Å². The van der Waals surface area contributed by atoms with Crippen LogP contribution in [0.3, 0.4) is 0 Å². The molecule has 1 atom stereocenters. The summed E-state index contributed by atoms with van der Waals surface area (Å²) in [6.07, 6.45) is 0. The minimum Gasteiger partial charge on any atom is -0.391 e. The van der Waals surface area contributed by atoms with Crippen molar-refractivity contribution < 1.29 is 9.53 Å². The van der Waals surface area contributed by atoms with Crippen LogP contribution in [0.25, 0.3) is 22.5 Å². The van der Waals surface area contributed by atoms with E-state index in [1.54, 1.807) is 0 Å². The van der Waals surface area contributed by atoms with Crippen LogP contribution in [0.15, 0.2) is 84.9 Å². The molecule has 0 radical (unpaired) electrons. The van der Waals surface area contributed by atoms with Gasteiger partial charge in [0, 0.05) is 29.5 Å². The molecule has 0 spiro atoms. The number of fused-ring (bicyclic) bond motifs is 3. The molecule has 0 amide bonds. The van der Waals surface area contributed by atoms with Gasteiger partial charge in [0.15, 0.2) is 0 Å². The van der Waals surface area contributed by atoms with Crippen molar-refractivity contribution >= 4 is 5.97 Å². The van der Waals surface area contributed by atoms with Crippen molar-refractivity contribution in [1.82, 2.24) is 9.97 Å². The van der Waals surface area contributed by atoms with Crippen LogP contribution >= 0.6 is 0 Å². The standard InChI is InChI=1S/C25H18N2O2/c1-16(28)29-25-26-23(18-12-6-3-7-13-18)22-21(17-10-4-2-5-11-17)19-14-8-9-15-20(19)24(22)27-25/h2-15,21H,1H3. The number of benzene rings is 3. The largest absolute Gasteiger partial charge is 0.391 e. The minimum absolute atomic E-state index is 0.0176. The minimum atomic E-state index is -0.435. The van der Waals surface area contributed by atoms with E-state index in [1.807, 2.05) is 60.7 Å². The second-order valence-corrected chi connectivity index (χ2v) is 7.01. The highest BCUT2D eigenvalue weighted by Gasteiger charge is 2.35. The Kier molecular flexibility index (Phi) is 4.17. The highest BCUT2D eigenvalue weighted by molar-refractivity contribution is 5.84. The first-order valence-corrected chi connectivity index (χ1v) is 9.52. The Labute approximate surface area is 168 Å². The number of carbonyl (C=O) groups excluding carboxylic acids is 1. The summed E-state index contributed by atoms with van der Waals surface area (Å²) in [5.41, 5.74) is 7.02. The van der Waals surface area contributed by atoms with Gasteiger partial charge >= 0.3 is 12.0 Å². The summed E-state index contributed by atoms with van der Waals surface area (Å²) in [5.74, 6) is -0.418. The maximum absolute atomic E-state index is 11.6. The fraction of sp³-hybridized carbons (Fsp3) is 0.0800. The van der Waals surface area contributed by atoms with Gasteiger partial charge in [-0.3, -0.25) is 4.79 Å². The molecule has 0 saturated carbocycles. The van der Waals surface area contributed by atoms with Gasteiger partial charge in [0.2, 0.25) is 0 Å². The molecule has 0 N–H and O–H groups in total. The van der Waals surface area contributed by atoms with Crippen molar-refractivity contribution in [2.75, 3.05) is 0 Å². The van der Waals surface area contributed by atoms with Gasteiger partial charge in [-0.1, -0.05) is 84.9 Å². The molecule has 1 aromatic heterocycles. The zero-order chi connectivity index (χ0) is 19.8. The summed E-state index contributed by atoms with van der Waals surface area (Å²) in [5, 5.41) is 0. The SMILES string of the molecule is CC(=O)Oc1nc(-c2ccccc2)c2c(n1)-c1ccccc1C2c1ccccc1. The van der Waals surface area contributed by atoms with Crippen molar-refractivity contribution in [3.63, 3.8) is 0 Å². The van der Waals surface area contributed by atoms with Gasteiger partial charge in [-0.05, 0) is 11.1 Å². The smallest absolute Gasteiger partial charge is 0.325 e. The average Bonchev–Trinajstić information content (AvgIpc) is 3.08. The zero-order valence-corrected chi connectivity index (χ0v) is 15.9. The number of nitrogens with zero attached hydrogens (tertiary/aromatic N) is 2. The molecule has 1 unspecified atom stereocenters. The highest BCUT2D eigenvalue weighted by atomic mass is 16.5. The van der Waals surface area contributed by atoms with Crippen LogP contribution in [0, 0.1) is 0 Å². The van der Waals surface area contributed by atoms with E-state index in [0.717, 1.165) is 28.1 Å². The summed E-state index contributed by atoms with van der Waals surface area (Å²) < 4.78 is 5.30. The molecular weight excluding hydrogens is 360 g/mol. The lowest BCUT2D eigenvalue weighted by atomic mass is 9.87.